The quantitative estimate of drug-likeness (QED) is 0.477. The molecular weight excluding hydrogens is 378 g/mol. The Bertz CT molecular complexity index is 412. The third kappa shape index (κ3) is 6.59. The molecule has 0 spiro atoms. The maximum absolute atomic E-state index is 2.40. The van der Waals surface area contributed by atoms with E-state index in [1.165, 1.54) is 25.7 Å². The van der Waals surface area contributed by atoms with Crippen molar-refractivity contribution < 1.29 is 23.2 Å². The van der Waals surface area contributed by atoms with Crippen LogP contribution in [0, 0.1) is 11.8 Å². The van der Waals surface area contributed by atoms with Crippen LogP contribution in [-0.4, -0.2) is 0 Å². The largest absolute Gasteiger partial charge is 0.147 e. The molecule has 0 aromatic heterocycles. The van der Waals surface area contributed by atoms with Crippen LogP contribution in [0.15, 0.2) is 42.0 Å². The second kappa shape index (κ2) is 10.2. The molecule has 0 saturated heterocycles. The standard InChI is InChI=1S/2C9H13.2ClH.Zr/c2*1-8(2)7-9-5-3-4-6-9;;;/h2*3,5,8H,4,7H2,1-2H3;2*1H;. The Morgan fingerprint density at radius 3 is 1.52 bits per heavy atom. The van der Waals surface area contributed by atoms with E-state index in [9.17, 15) is 0 Å². The van der Waals surface area contributed by atoms with Gasteiger partial charge in [-0.05, 0) is 0 Å². The molecule has 2 aliphatic carbocycles. The van der Waals surface area contributed by atoms with Crippen molar-refractivity contribution in [1.82, 2.24) is 0 Å². The summed E-state index contributed by atoms with van der Waals surface area (Å²) in [5.41, 5.74) is 3.37. The molecule has 2 rings (SSSR count). The zero-order valence-electron chi connectivity index (χ0n) is 13.6. The van der Waals surface area contributed by atoms with Crippen molar-refractivity contribution in [1.29, 1.82) is 0 Å². The maximum atomic E-state index is 2.40. The molecule has 0 bridgehead atoms. The second-order valence-electron chi connectivity index (χ2n) is 6.54. The fourth-order valence-corrected chi connectivity index (χ4v) is 6.49. The average Bonchev–Trinajstić information content (AvgIpc) is 2.89. The predicted octanol–water partition coefficient (Wildman–Crippen LogP) is 6.43. The molecule has 0 aliphatic heterocycles. The van der Waals surface area contributed by atoms with Gasteiger partial charge in [-0.3, -0.25) is 0 Å². The first kappa shape index (κ1) is 21.4. The zero-order valence-corrected chi connectivity index (χ0v) is 17.7. The fraction of sp³-hybridized carbons (Fsp3) is 0.556. The molecule has 21 heavy (non-hydrogen) atoms. The van der Waals surface area contributed by atoms with E-state index in [1.807, 2.05) is 6.56 Å². The third-order valence-electron chi connectivity index (χ3n) is 3.62. The molecule has 0 fully saturated rings. The summed E-state index contributed by atoms with van der Waals surface area (Å²) in [6.07, 6.45) is 14.7. The van der Waals surface area contributed by atoms with E-state index in [0.29, 0.717) is 0 Å². The van der Waals surface area contributed by atoms with Crippen LogP contribution in [0.4, 0.5) is 0 Å². The van der Waals surface area contributed by atoms with Crippen molar-refractivity contribution in [2.45, 2.75) is 53.4 Å². The van der Waals surface area contributed by atoms with Crippen molar-refractivity contribution in [3.63, 3.8) is 0 Å². The Labute approximate surface area is 154 Å². The van der Waals surface area contributed by atoms with E-state index in [4.69, 9.17) is 0 Å². The van der Waals surface area contributed by atoms with Crippen LogP contribution < -0.4 is 0 Å². The Kier molecular flexibility index (Phi) is 10.5. The van der Waals surface area contributed by atoms with Gasteiger partial charge in [0.1, 0.15) is 0 Å². The van der Waals surface area contributed by atoms with Crippen molar-refractivity contribution in [2.75, 3.05) is 0 Å². The number of rotatable bonds is 6. The fourth-order valence-electron chi connectivity index (χ4n) is 2.81. The van der Waals surface area contributed by atoms with Crippen LogP contribution in [0.2, 0.25) is 0 Å². The van der Waals surface area contributed by atoms with Gasteiger partial charge in [0, 0.05) is 0 Å². The molecule has 0 saturated carbocycles. The van der Waals surface area contributed by atoms with Gasteiger partial charge in [0.2, 0.25) is 0 Å². The van der Waals surface area contributed by atoms with E-state index in [-0.39, 0.29) is 24.8 Å². The summed E-state index contributed by atoms with van der Waals surface area (Å²) in [7, 11) is 0. The molecule has 0 N–H and O–H groups in total. The van der Waals surface area contributed by atoms with Crippen LogP contribution in [0.5, 0.6) is 0 Å². The molecule has 0 heterocycles. The van der Waals surface area contributed by atoms with Gasteiger partial charge in [0.05, 0.1) is 0 Å². The van der Waals surface area contributed by atoms with Gasteiger partial charge in [-0.25, -0.2) is 0 Å². The van der Waals surface area contributed by atoms with E-state index >= 15 is 0 Å². The Morgan fingerprint density at radius 2 is 1.19 bits per heavy atom. The first-order valence-corrected chi connectivity index (χ1v) is 10.1. The first-order valence-electron chi connectivity index (χ1n) is 7.60. The first-order chi connectivity index (χ1) is 9.06. The van der Waals surface area contributed by atoms with Crippen molar-refractivity contribution in [3.05, 3.63) is 42.0 Å². The molecule has 3 heteroatoms. The molecule has 0 atom stereocenters. The average molecular weight is 407 g/mol. The number of halogens is 2. The second-order valence-corrected chi connectivity index (χ2v) is 10.1. The van der Waals surface area contributed by atoms with Crippen LogP contribution in [-0.2, 0) is 23.2 Å². The SMILES string of the molecule is CC(C)CC1=[C]([Zr][C]2=C(CC(C)C)C=CC2)CC=C1.Cl.Cl. The van der Waals surface area contributed by atoms with E-state index in [1.54, 1.807) is 11.1 Å². The number of hydrogen-bond acceptors (Lipinski definition) is 0. The summed E-state index contributed by atoms with van der Waals surface area (Å²) in [6.45, 7) is 9.34. The zero-order chi connectivity index (χ0) is 13.8. The molecule has 0 radical (unpaired) electrons. The Morgan fingerprint density at radius 1 is 0.810 bits per heavy atom. The van der Waals surface area contributed by atoms with Gasteiger partial charge in [-0.2, -0.15) is 0 Å². The molecule has 0 nitrogen and oxygen atoms in total. The van der Waals surface area contributed by atoms with E-state index in [0.717, 1.165) is 11.8 Å². The van der Waals surface area contributed by atoms with Gasteiger partial charge in [-0.15, -0.1) is 24.8 Å². The van der Waals surface area contributed by atoms with Gasteiger partial charge in [0.25, 0.3) is 0 Å². The molecule has 118 valence electrons. The third-order valence-corrected chi connectivity index (χ3v) is 7.68. The summed E-state index contributed by atoms with van der Waals surface area (Å²) < 4.78 is 3.69. The van der Waals surface area contributed by atoms with Gasteiger partial charge in [-0.1, -0.05) is 0 Å². The van der Waals surface area contributed by atoms with Gasteiger partial charge < -0.3 is 0 Å². The number of hydrogen-bond donors (Lipinski definition) is 0. The summed E-state index contributed by atoms with van der Waals surface area (Å²) in [6, 6.07) is 0. The van der Waals surface area contributed by atoms with E-state index in [2.05, 4.69) is 52.0 Å². The van der Waals surface area contributed by atoms with Gasteiger partial charge >= 0.3 is 130 Å². The van der Waals surface area contributed by atoms with E-state index < -0.39 is 23.2 Å². The predicted molar refractivity (Wildman–Crippen MR) is 95.0 cm³/mol. The summed E-state index contributed by atoms with van der Waals surface area (Å²) in [5, 5.41) is 0. The molecular formula is C18H28Cl2Zr. The molecule has 0 aromatic carbocycles. The smallest absolute Gasteiger partial charge is 0.147 e. The Hall–Kier alpha value is 0.423. The summed E-state index contributed by atoms with van der Waals surface area (Å²) in [5.74, 6) is 1.58. The monoisotopic (exact) mass is 404 g/mol. The van der Waals surface area contributed by atoms with Crippen molar-refractivity contribution in [2.24, 2.45) is 11.8 Å². The van der Waals surface area contributed by atoms with Crippen LogP contribution in [0.3, 0.4) is 0 Å². The topological polar surface area (TPSA) is 0 Å². The molecule has 0 aromatic rings. The summed E-state index contributed by atoms with van der Waals surface area (Å²) >= 11 is -0.495. The minimum absolute atomic E-state index is 0. The molecule has 0 unspecified atom stereocenters. The maximum Gasteiger partial charge on any atom is -0.147 e. The van der Waals surface area contributed by atoms with Crippen molar-refractivity contribution in [3.8, 4) is 0 Å². The molecule has 2 aliphatic rings. The normalized spacial score (nSPS) is 16.9. The minimum Gasteiger partial charge on any atom is -0.147 e. The van der Waals surface area contributed by atoms with Crippen LogP contribution in [0.1, 0.15) is 53.4 Å². The minimum atomic E-state index is -0.495. The summed E-state index contributed by atoms with van der Waals surface area (Å²) in [4.78, 5) is 0. The number of allylic oxidation sites excluding steroid dienone is 8. The van der Waals surface area contributed by atoms with Crippen LogP contribution >= 0.6 is 24.8 Å². The van der Waals surface area contributed by atoms with Gasteiger partial charge in [0.15, 0.2) is 0 Å². The van der Waals surface area contributed by atoms with Crippen molar-refractivity contribution >= 4 is 24.8 Å². The van der Waals surface area contributed by atoms with Crippen LogP contribution in [0.25, 0.3) is 0 Å². The molecule has 0 amide bonds. The Balaban J connectivity index is 0.00000200.